The summed E-state index contributed by atoms with van der Waals surface area (Å²) in [5.74, 6) is 0. The summed E-state index contributed by atoms with van der Waals surface area (Å²) in [6, 6.07) is 0. The SMILES string of the molecule is CSC(C)=C(C)Cl. The Hall–Kier alpha value is 0.380. The predicted molar refractivity (Wildman–Crippen MR) is 37.7 cm³/mol. The standard InChI is InChI=1S/C5H9ClS/c1-4(6)5(2)7-3/h1-3H3. The van der Waals surface area contributed by atoms with Crippen LogP contribution in [0.3, 0.4) is 0 Å². The molecule has 0 heterocycles. The smallest absolute Gasteiger partial charge is 0.0241 e. The highest BCUT2D eigenvalue weighted by Crippen LogP contribution is 2.17. The molecule has 42 valence electrons. The molecule has 0 N–H and O–H groups in total. The van der Waals surface area contributed by atoms with Crippen molar-refractivity contribution in [2.24, 2.45) is 0 Å². The summed E-state index contributed by atoms with van der Waals surface area (Å²) in [5.41, 5.74) is 0. The number of rotatable bonds is 1. The van der Waals surface area contributed by atoms with Crippen LogP contribution >= 0.6 is 23.4 Å². The summed E-state index contributed by atoms with van der Waals surface area (Å²) in [7, 11) is 0. The summed E-state index contributed by atoms with van der Waals surface area (Å²) < 4.78 is 0. The normalized spacial score (nSPS) is 13.7. The van der Waals surface area contributed by atoms with E-state index in [4.69, 9.17) is 11.6 Å². The molecule has 0 radical (unpaired) electrons. The molecule has 0 saturated carbocycles. The zero-order chi connectivity index (χ0) is 5.86. The molecule has 0 amide bonds. The molecule has 0 rings (SSSR count). The number of halogens is 1. The van der Waals surface area contributed by atoms with Gasteiger partial charge in [0.1, 0.15) is 0 Å². The van der Waals surface area contributed by atoms with Crippen LogP contribution in [-0.2, 0) is 0 Å². The van der Waals surface area contributed by atoms with E-state index in [9.17, 15) is 0 Å². The van der Waals surface area contributed by atoms with E-state index in [1.807, 2.05) is 20.1 Å². The van der Waals surface area contributed by atoms with Gasteiger partial charge in [0.25, 0.3) is 0 Å². The third-order valence-electron chi connectivity index (χ3n) is 0.791. The van der Waals surface area contributed by atoms with Crippen molar-refractivity contribution in [1.82, 2.24) is 0 Å². The third-order valence-corrected chi connectivity index (χ3v) is 2.11. The quantitative estimate of drug-likeness (QED) is 0.534. The Kier molecular flexibility index (Phi) is 3.57. The highest BCUT2D eigenvalue weighted by molar-refractivity contribution is 8.02. The minimum atomic E-state index is 0.896. The largest absolute Gasteiger partial charge is 0.133 e. The lowest BCUT2D eigenvalue weighted by Gasteiger charge is -1.91. The topological polar surface area (TPSA) is 0 Å². The van der Waals surface area contributed by atoms with Crippen molar-refractivity contribution in [3.63, 3.8) is 0 Å². The van der Waals surface area contributed by atoms with Gasteiger partial charge < -0.3 is 0 Å². The summed E-state index contributed by atoms with van der Waals surface area (Å²) in [5, 5.41) is 0.896. The van der Waals surface area contributed by atoms with Gasteiger partial charge in [-0.1, -0.05) is 11.6 Å². The first-order valence-electron chi connectivity index (χ1n) is 2.05. The van der Waals surface area contributed by atoms with Gasteiger partial charge in [0.15, 0.2) is 0 Å². The molecule has 0 aliphatic rings. The highest BCUT2D eigenvalue weighted by Gasteiger charge is 1.86. The van der Waals surface area contributed by atoms with Crippen molar-refractivity contribution in [1.29, 1.82) is 0 Å². The minimum Gasteiger partial charge on any atom is -0.133 e. The van der Waals surface area contributed by atoms with Gasteiger partial charge in [0.05, 0.1) is 0 Å². The Labute approximate surface area is 53.9 Å². The molecule has 0 saturated heterocycles. The van der Waals surface area contributed by atoms with Gasteiger partial charge in [0.2, 0.25) is 0 Å². The number of allylic oxidation sites excluding steroid dienone is 2. The molecular formula is C5H9ClS. The molecule has 7 heavy (non-hydrogen) atoms. The molecule has 0 unspecified atom stereocenters. The van der Waals surface area contributed by atoms with Crippen molar-refractivity contribution in [3.8, 4) is 0 Å². The summed E-state index contributed by atoms with van der Waals surface area (Å²) >= 11 is 7.27. The van der Waals surface area contributed by atoms with Gasteiger partial charge in [0, 0.05) is 5.03 Å². The van der Waals surface area contributed by atoms with Crippen LogP contribution in [0.15, 0.2) is 9.94 Å². The molecule has 0 fully saturated rings. The first kappa shape index (κ1) is 7.38. The fourth-order valence-corrected chi connectivity index (χ4v) is 0.653. The van der Waals surface area contributed by atoms with E-state index in [1.54, 1.807) is 11.8 Å². The Bertz CT molecular complexity index is 82.1. The van der Waals surface area contributed by atoms with Crippen molar-refractivity contribution in [2.75, 3.05) is 6.26 Å². The zero-order valence-corrected chi connectivity index (χ0v) is 6.36. The molecule has 0 nitrogen and oxygen atoms in total. The van der Waals surface area contributed by atoms with Gasteiger partial charge in [-0.05, 0) is 25.0 Å². The van der Waals surface area contributed by atoms with Crippen LogP contribution in [0.25, 0.3) is 0 Å². The van der Waals surface area contributed by atoms with Crippen molar-refractivity contribution >= 4 is 23.4 Å². The van der Waals surface area contributed by atoms with Crippen molar-refractivity contribution in [2.45, 2.75) is 13.8 Å². The van der Waals surface area contributed by atoms with E-state index >= 15 is 0 Å². The molecule has 0 aromatic rings. The van der Waals surface area contributed by atoms with Crippen LogP contribution in [0.1, 0.15) is 13.8 Å². The molecule has 0 aliphatic carbocycles. The van der Waals surface area contributed by atoms with Gasteiger partial charge in [-0.25, -0.2) is 0 Å². The molecule has 0 bridgehead atoms. The fourth-order valence-electron chi connectivity index (χ4n) is 0.141. The molecule has 0 atom stereocenters. The van der Waals surface area contributed by atoms with E-state index < -0.39 is 0 Å². The average Bonchev–Trinajstić information content (AvgIpc) is 1.65. The summed E-state index contributed by atoms with van der Waals surface area (Å²) in [6.07, 6.45) is 2.02. The van der Waals surface area contributed by atoms with E-state index in [0.29, 0.717) is 0 Å². The van der Waals surface area contributed by atoms with Crippen LogP contribution in [0.4, 0.5) is 0 Å². The second-order valence-electron chi connectivity index (χ2n) is 1.29. The first-order valence-corrected chi connectivity index (χ1v) is 3.65. The van der Waals surface area contributed by atoms with Crippen LogP contribution in [-0.4, -0.2) is 6.26 Å². The summed E-state index contributed by atoms with van der Waals surface area (Å²) in [6.45, 7) is 3.90. The summed E-state index contributed by atoms with van der Waals surface area (Å²) in [4.78, 5) is 1.20. The lowest BCUT2D eigenvalue weighted by Crippen LogP contribution is -1.64. The Balaban J connectivity index is 3.72. The van der Waals surface area contributed by atoms with E-state index in [-0.39, 0.29) is 0 Å². The maximum absolute atomic E-state index is 5.59. The first-order chi connectivity index (χ1) is 3.18. The monoisotopic (exact) mass is 136 g/mol. The number of hydrogen-bond donors (Lipinski definition) is 0. The molecular weight excluding hydrogens is 128 g/mol. The fraction of sp³-hybridized carbons (Fsp3) is 0.600. The maximum Gasteiger partial charge on any atom is 0.0241 e. The average molecular weight is 137 g/mol. The number of thioether (sulfide) groups is 1. The second-order valence-corrected chi connectivity index (χ2v) is 2.88. The van der Waals surface area contributed by atoms with Gasteiger partial charge >= 0.3 is 0 Å². The van der Waals surface area contributed by atoms with Crippen LogP contribution in [0.2, 0.25) is 0 Å². The second kappa shape index (κ2) is 3.39. The maximum atomic E-state index is 5.59. The van der Waals surface area contributed by atoms with Crippen LogP contribution < -0.4 is 0 Å². The molecule has 0 aliphatic heterocycles. The van der Waals surface area contributed by atoms with Gasteiger partial charge in [-0.3, -0.25) is 0 Å². The van der Waals surface area contributed by atoms with E-state index in [0.717, 1.165) is 5.03 Å². The highest BCUT2D eigenvalue weighted by atomic mass is 35.5. The minimum absolute atomic E-state index is 0.896. The lowest BCUT2D eigenvalue weighted by molar-refractivity contribution is 1.55. The molecule has 0 aromatic carbocycles. The molecule has 0 aromatic heterocycles. The zero-order valence-electron chi connectivity index (χ0n) is 4.79. The predicted octanol–water partition coefficient (Wildman–Crippen LogP) is 2.84. The molecule has 2 heteroatoms. The molecule has 0 spiro atoms. The Morgan fingerprint density at radius 2 is 1.86 bits per heavy atom. The van der Waals surface area contributed by atoms with Gasteiger partial charge in [-0.2, -0.15) is 0 Å². The number of hydrogen-bond acceptors (Lipinski definition) is 1. The Morgan fingerprint density at radius 3 is 1.86 bits per heavy atom. The van der Waals surface area contributed by atoms with Crippen molar-refractivity contribution in [3.05, 3.63) is 9.94 Å². The van der Waals surface area contributed by atoms with E-state index in [2.05, 4.69) is 0 Å². The Morgan fingerprint density at radius 1 is 1.43 bits per heavy atom. The van der Waals surface area contributed by atoms with Crippen LogP contribution in [0.5, 0.6) is 0 Å². The third kappa shape index (κ3) is 3.01. The lowest BCUT2D eigenvalue weighted by atomic mass is 10.6. The van der Waals surface area contributed by atoms with Gasteiger partial charge in [-0.15, -0.1) is 11.8 Å². The van der Waals surface area contributed by atoms with E-state index in [1.165, 1.54) is 4.91 Å². The van der Waals surface area contributed by atoms with Crippen LogP contribution in [0, 0.1) is 0 Å². The van der Waals surface area contributed by atoms with Crippen molar-refractivity contribution < 1.29 is 0 Å².